The quantitative estimate of drug-likeness (QED) is 0.395. The molecule has 0 aliphatic heterocycles. The number of nitrogens with one attached hydrogen (secondary N) is 1. The fourth-order valence-electron chi connectivity index (χ4n) is 2.24. The molecule has 5 nitrogen and oxygen atoms in total. The second kappa shape index (κ2) is 10.7. The van der Waals surface area contributed by atoms with Crippen molar-refractivity contribution in [3.63, 3.8) is 0 Å². The molecule has 0 unspecified atom stereocenters. The molecule has 5 heteroatoms. The Kier molecular flexibility index (Phi) is 8.83. The molecule has 128 valence electrons. The van der Waals surface area contributed by atoms with Crippen LogP contribution in [0.15, 0.2) is 24.3 Å². The van der Waals surface area contributed by atoms with Crippen molar-refractivity contribution < 1.29 is 9.53 Å². The maximum absolute atomic E-state index is 11.8. The third-order valence-corrected chi connectivity index (χ3v) is 3.61. The molecule has 0 spiro atoms. The van der Waals surface area contributed by atoms with Crippen molar-refractivity contribution >= 4 is 17.7 Å². The van der Waals surface area contributed by atoms with Crippen LogP contribution in [-0.4, -0.2) is 43.6 Å². The van der Waals surface area contributed by atoms with Gasteiger partial charge < -0.3 is 20.7 Å². The zero-order valence-electron chi connectivity index (χ0n) is 14.5. The van der Waals surface area contributed by atoms with Gasteiger partial charge in [0.05, 0.1) is 12.3 Å². The monoisotopic (exact) mass is 319 g/mol. The van der Waals surface area contributed by atoms with Gasteiger partial charge in [0, 0.05) is 12.6 Å². The van der Waals surface area contributed by atoms with Gasteiger partial charge in [0.15, 0.2) is 0 Å². The number of ether oxygens (including phenoxy) is 1. The van der Waals surface area contributed by atoms with E-state index in [0.29, 0.717) is 24.6 Å². The highest BCUT2D eigenvalue weighted by Gasteiger charge is 2.01. The average molecular weight is 319 g/mol. The summed E-state index contributed by atoms with van der Waals surface area (Å²) in [7, 11) is 0. The van der Waals surface area contributed by atoms with Crippen LogP contribution in [0.5, 0.6) is 5.75 Å². The van der Waals surface area contributed by atoms with E-state index in [0.717, 1.165) is 31.6 Å². The summed E-state index contributed by atoms with van der Waals surface area (Å²) in [5, 5.41) is 2.89. The third kappa shape index (κ3) is 7.19. The SMILES string of the molecule is CCOc1ccc(/C=C\C(=O)NCCCN(CC)CC)cc1N. The summed E-state index contributed by atoms with van der Waals surface area (Å²) in [6.07, 6.45) is 4.25. The van der Waals surface area contributed by atoms with Crippen LogP contribution in [0, 0.1) is 0 Å². The average Bonchev–Trinajstić information content (AvgIpc) is 2.55. The summed E-state index contributed by atoms with van der Waals surface area (Å²) < 4.78 is 5.39. The molecular formula is C18H29N3O2. The van der Waals surface area contributed by atoms with Gasteiger partial charge in [0.25, 0.3) is 0 Å². The molecule has 1 aromatic rings. The lowest BCUT2D eigenvalue weighted by Gasteiger charge is -2.17. The molecule has 0 aromatic heterocycles. The van der Waals surface area contributed by atoms with Gasteiger partial charge in [-0.15, -0.1) is 0 Å². The number of nitrogens with zero attached hydrogens (tertiary/aromatic N) is 1. The highest BCUT2D eigenvalue weighted by atomic mass is 16.5. The van der Waals surface area contributed by atoms with Crippen LogP contribution >= 0.6 is 0 Å². The summed E-state index contributed by atoms with van der Waals surface area (Å²) in [5.74, 6) is 0.586. The van der Waals surface area contributed by atoms with Gasteiger partial charge in [-0.25, -0.2) is 0 Å². The van der Waals surface area contributed by atoms with E-state index >= 15 is 0 Å². The Balaban J connectivity index is 2.39. The smallest absolute Gasteiger partial charge is 0.243 e. The molecule has 3 N–H and O–H groups in total. The molecule has 0 saturated carbocycles. The standard InChI is InChI=1S/C18H29N3O2/c1-4-21(5-2)13-7-12-20-18(22)11-9-15-8-10-17(23-6-3)16(19)14-15/h8-11,14H,4-7,12-13,19H2,1-3H3,(H,20,22)/b11-9-. The highest BCUT2D eigenvalue weighted by Crippen LogP contribution is 2.22. The number of carbonyl (C=O) groups excluding carboxylic acids is 1. The van der Waals surface area contributed by atoms with Crippen LogP contribution in [0.2, 0.25) is 0 Å². The van der Waals surface area contributed by atoms with E-state index in [1.807, 2.05) is 19.1 Å². The fraction of sp³-hybridized carbons (Fsp3) is 0.500. The number of nitrogens with two attached hydrogens (primary N) is 1. The number of nitrogen functional groups attached to an aromatic ring is 1. The Morgan fingerprint density at radius 2 is 2.04 bits per heavy atom. The van der Waals surface area contributed by atoms with E-state index in [1.165, 1.54) is 6.08 Å². The lowest BCUT2D eigenvalue weighted by atomic mass is 10.1. The number of anilines is 1. The van der Waals surface area contributed by atoms with Gasteiger partial charge in [-0.1, -0.05) is 19.9 Å². The maximum Gasteiger partial charge on any atom is 0.243 e. The number of amides is 1. The zero-order valence-corrected chi connectivity index (χ0v) is 14.5. The second-order valence-corrected chi connectivity index (χ2v) is 5.24. The number of benzene rings is 1. The van der Waals surface area contributed by atoms with E-state index < -0.39 is 0 Å². The lowest BCUT2D eigenvalue weighted by molar-refractivity contribution is -0.116. The van der Waals surface area contributed by atoms with Crippen molar-refractivity contribution in [2.24, 2.45) is 0 Å². The summed E-state index contributed by atoms with van der Waals surface area (Å²) in [4.78, 5) is 14.1. The summed E-state index contributed by atoms with van der Waals surface area (Å²) in [6, 6.07) is 5.50. The number of hydrogen-bond acceptors (Lipinski definition) is 4. The molecule has 0 saturated heterocycles. The van der Waals surface area contributed by atoms with Gasteiger partial charge >= 0.3 is 0 Å². The first kappa shape index (κ1) is 19.0. The van der Waals surface area contributed by atoms with E-state index in [2.05, 4.69) is 24.1 Å². The van der Waals surface area contributed by atoms with Crippen molar-refractivity contribution in [1.82, 2.24) is 10.2 Å². The van der Waals surface area contributed by atoms with Crippen molar-refractivity contribution in [2.75, 3.05) is 38.5 Å². The van der Waals surface area contributed by atoms with Crippen LogP contribution in [0.4, 0.5) is 5.69 Å². The largest absolute Gasteiger partial charge is 0.492 e. The molecule has 0 bridgehead atoms. The topological polar surface area (TPSA) is 67.6 Å². The fourth-order valence-corrected chi connectivity index (χ4v) is 2.24. The van der Waals surface area contributed by atoms with Crippen LogP contribution < -0.4 is 15.8 Å². The number of rotatable bonds is 10. The first-order valence-corrected chi connectivity index (χ1v) is 8.31. The summed E-state index contributed by atoms with van der Waals surface area (Å²) in [5.41, 5.74) is 7.36. The van der Waals surface area contributed by atoms with Gasteiger partial charge in [0.1, 0.15) is 5.75 Å². The minimum Gasteiger partial charge on any atom is -0.492 e. The first-order chi connectivity index (χ1) is 11.1. The van der Waals surface area contributed by atoms with E-state index in [-0.39, 0.29) is 5.91 Å². The Labute approximate surface area is 139 Å². The predicted octanol–water partition coefficient (Wildman–Crippen LogP) is 2.53. The van der Waals surface area contributed by atoms with Crippen LogP contribution in [0.3, 0.4) is 0 Å². The van der Waals surface area contributed by atoms with Gasteiger partial charge in [-0.05, 0) is 56.8 Å². The predicted molar refractivity (Wildman–Crippen MR) is 96.5 cm³/mol. The normalized spacial score (nSPS) is 11.1. The Morgan fingerprint density at radius 3 is 2.65 bits per heavy atom. The first-order valence-electron chi connectivity index (χ1n) is 8.31. The van der Waals surface area contributed by atoms with E-state index in [1.54, 1.807) is 12.1 Å². The maximum atomic E-state index is 11.8. The van der Waals surface area contributed by atoms with E-state index in [4.69, 9.17) is 10.5 Å². The van der Waals surface area contributed by atoms with Crippen molar-refractivity contribution in [3.8, 4) is 5.75 Å². The molecule has 0 atom stereocenters. The Morgan fingerprint density at radius 1 is 1.30 bits per heavy atom. The lowest BCUT2D eigenvalue weighted by Crippen LogP contribution is -2.29. The molecule has 1 rings (SSSR count). The van der Waals surface area contributed by atoms with Crippen LogP contribution in [0.1, 0.15) is 32.8 Å². The molecule has 1 amide bonds. The molecule has 0 radical (unpaired) electrons. The van der Waals surface area contributed by atoms with Crippen molar-refractivity contribution in [2.45, 2.75) is 27.2 Å². The van der Waals surface area contributed by atoms with Crippen molar-refractivity contribution in [3.05, 3.63) is 29.8 Å². The highest BCUT2D eigenvalue weighted by molar-refractivity contribution is 5.91. The zero-order chi connectivity index (χ0) is 17.1. The van der Waals surface area contributed by atoms with Gasteiger partial charge in [-0.3, -0.25) is 4.79 Å². The third-order valence-electron chi connectivity index (χ3n) is 3.61. The van der Waals surface area contributed by atoms with Gasteiger partial charge in [0.2, 0.25) is 5.91 Å². The molecule has 0 aliphatic carbocycles. The van der Waals surface area contributed by atoms with Crippen LogP contribution in [0.25, 0.3) is 6.08 Å². The molecule has 1 aromatic carbocycles. The van der Waals surface area contributed by atoms with Crippen molar-refractivity contribution in [1.29, 1.82) is 0 Å². The summed E-state index contributed by atoms with van der Waals surface area (Å²) in [6.45, 7) is 10.6. The molecular weight excluding hydrogens is 290 g/mol. The number of carbonyl (C=O) groups is 1. The Bertz CT molecular complexity index is 511. The number of hydrogen-bond donors (Lipinski definition) is 2. The minimum atomic E-state index is -0.0861. The van der Waals surface area contributed by atoms with E-state index in [9.17, 15) is 4.79 Å². The van der Waals surface area contributed by atoms with Gasteiger partial charge in [-0.2, -0.15) is 0 Å². The molecule has 0 fully saturated rings. The second-order valence-electron chi connectivity index (χ2n) is 5.24. The van der Waals surface area contributed by atoms with Crippen LogP contribution in [-0.2, 0) is 4.79 Å². The molecule has 0 heterocycles. The Hall–Kier alpha value is -2.01. The molecule has 0 aliphatic rings. The summed E-state index contributed by atoms with van der Waals surface area (Å²) >= 11 is 0. The molecule has 23 heavy (non-hydrogen) atoms. The minimum absolute atomic E-state index is 0.0861.